The van der Waals surface area contributed by atoms with Crippen LogP contribution in [0.25, 0.3) is 0 Å². The Hall–Kier alpha value is -2.18. The number of carbonyl (C=O) groups is 1. The van der Waals surface area contributed by atoms with E-state index in [0.29, 0.717) is 5.92 Å². The normalized spacial score (nSPS) is 12.2. The molecule has 2 N–H and O–H groups in total. The van der Waals surface area contributed by atoms with Crippen molar-refractivity contribution in [3.63, 3.8) is 0 Å². The van der Waals surface area contributed by atoms with E-state index in [1.807, 2.05) is 6.92 Å². The van der Waals surface area contributed by atoms with Crippen LogP contribution in [0.2, 0.25) is 0 Å². The van der Waals surface area contributed by atoms with E-state index in [9.17, 15) is 14.9 Å². The fourth-order valence-corrected chi connectivity index (χ4v) is 1.83. The highest BCUT2D eigenvalue weighted by molar-refractivity contribution is 5.93. The van der Waals surface area contributed by atoms with Crippen LogP contribution in [0.15, 0.2) is 12.3 Å². The molecule has 0 fully saturated rings. The maximum atomic E-state index is 11.1. The number of hydrogen-bond donors (Lipinski definition) is 2. The van der Waals surface area contributed by atoms with Crippen molar-refractivity contribution in [1.82, 2.24) is 4.98 Å². The molecule has 1 aromatic rings. The maximum Gasteiger partial charge on any atom is 0.339 e. The highest BCUT2D eigenvalue weighted by Crippen LogP contribution is 2.20. The van der Waals surface area contributed by atoms with E-state index in [0.717, 1.165) is 18.7 Å². The second kappa shape index (κ2) is 6.12. The Morgan fingerprint density at radius 3 is 2.63 bits per heavy atom. The van der Waals surface area contributed by atoms with E-state index >= 15 is 0 Å². The summed E-state index contributed by atoms with van der Waals surface area (Å²) in [5.41, 5.74) is -0.524. The summed E-state index contributed by atoms with van der Waals surface area (Å²) in [5, 5.41) is 22.6. The van der Waals surface area contributed by atoms with Crippen molar-refractivity contribution in [3.05, 3.63) is 27.9 Å². The third kappa shape index (κ3) is 4.20. The Morgan fingerprint density at radius 1 is 1.53 bits per heavy atom. The summed E-state index contributed by atoms with van der Waals surface area (Å²) >= 11 is 0. The minimum absolute atomic E-state index is 0.0343. The molecule has 0 aromatic carbocycles. The lowest BCUT2D eigenvalue weighted by Gasteiger charge is -2.17. The van der Waals surface area contributed by atoms with Crippen molar-refractivity contribution >= 4 is 17.5 Å². The molecule has 0 spiro atoms. The molecule has 7 nitrogen and oxygen atoms in total. The van der Waals surface area contributed by atoms with Crippen molar-refractivity contribution in [3.8, 4) is 0 Å². The van der Waals surface area contributed by atoms with Crippen LogP contribution in [0, 0.1) is 16.0 Å². The van der Waals surface area contributed by atoms with E-state index in [4.69, 9.17) is 5.11 Å². The van der Waals surface area contributed by atoms with Gasteiger partial charge in [-0.1, -0.05) is 13.8 Å². The lowest BCUT2D eigenvalue weighted by molar-refractivity contribution is -0.385. The van der Waals surface area contributed by atoms with Crippen molar-refractivity contribution < 1.29 is 14.8 Å². The van der Waals surface area contributed by atoms with Gasteiger partial charge in [-0.15, -0.1) is 0 Å². The van der Waals surface area contributed by atoms with Crippen molar-refractivity contribution in [2.24, 2.45) is 5.92 Å². The summed E-state index contributed by atoms with van der Waals surface area (Å²) < 4.78 is 0. The topological polar surface area (TPSA) is 105 Å². The Kier molecular flexibility index (Phi) is 4.80. The van der Waals surface area contributed by atoms with Crippen molar-refractivity contribution in [1.29, 1.82) is 0 Å². The summed E-state index contributed by atoms with van der Waals surface area (Å²) in [6.07, 6.45) is 1.90. The van der Waals surface area contributed by atoms with Gasteiger partial charge < -0.3 is 10.4 Å². The highest BCUT2D eigenvalue weighted by atomic mass is 16.6. The molecule has 1 unspecified atom stereocenters. The van der Waals surface area contributed by atoms with Gasteiger partial charge in [-0.3, -0.25) is 10.1 Å². The van der Waals surface area contributed by atoms with Crippen LogP contribution in [0.4, 0.5) is 11.5 Å². The molecule has 0 bridgehead atoms. The van der Waals surface area contributed by atoms with Gasteiger partial charge in [0, 0.05) is 12.1 Å². The molecule has 1 aromatic heterocycles. The summed E-state index contributed by atoms with van der Waals surface area (Å²) in [4.78, 5) is 24.9. The number of pyridine rings is 1. The molecule has 7 heteroatoms. The molecule has 19 heavy (non-hydrogen) atoms. The molecule has 1 atom stereocenters. The van der Waals surface area contributed by atoms with Gasteiger partial charge in [-0.2, -0.15) is 0 Å². The van der Waals surface area contributed by atoms with Gasteiger partial charge in [0.25, 0.3) is 5.69 Å². The predicted molar refractivity (Wildman–Crippen MR) is 70.4 cm³/mol. The van der Waals surface area contributed by atoms with E-state index in [2.05, 4.69) is 24.1 Å². The van der Waals surface area contributed by atoms with Crippen LogP contribution >= 0.6 is 0 Å². The van der Waals surface area contributed by atoms with Gasteiger partial charge in [0.2, 0.25) is 0 Å². The summed E-state index contributed by atoms with van der Waals surface area (Å²) in [6, 6.07) is 1.05. The first-order valence-electron chi connectivity index (χ1n) is 5.95. The second-order valence-electron chi connectivity index (χ2n) is 4.83. The molecule has 0 saturated heterocycles. The van der Waals surface area contributed by atoms with Crippen LogP contribution in [0.5, 0.6) is 0 Å². The van der Waals surface area contributed by atoms with Crippen LogP contribution in [0.3, 0.4) is 0 Å². The molecule has 0 radical (unpaired) electrons. The minimum atomic E-state index is -1.24. The van der Waals surface area contributed by atoms with Crippen LogP contribution in [-0.4, -0.2) is 27.0 Å². The number of anilines is 1. The van der Waals surface area contributed by atoms with Crippen LogP contribution in [0.1, 0.15) is 37.6 Å². The van der Waals surface area contributed by atoms with Gasteiger partial charge in [0.05, 0.1) is 4.92 Å². The minimum Gasteiger partial charge on any atom is -0.478 e. The number of nitrogens with zero attached hydrogens (tertiary/aromatic N) is 2. The molecule has 1 rings (SSSR count). The first kappa shape index (κ1) is 14.9. The molecule has 0 aliphatic carbocycles. The van der Waals surface area contributed by atoms with E-state index in [1.165, 1.54) is 0 Å². The smallest absolute Gasteiger partial charge is 0.339 e. The Labute approximate surface area is 110 Å². The summed E-state index contributed by atoms with van der Waals surface area (Å²) in [7, 11) is 0. The lowest BCUT2D eigenvalue weighted by atomic mass is 10.1. The number of aromatic nitrogens is 1. The van der Waals surface area contributed by atoms with Crippen molar-refractivity contribution in [2.45, 2.75) is 33.2 Å². The number of hydrogen-bond acceptors (Lipinski definition) is 5. The fourth-order valence-electron chi connectivity index (χ4n) is 1.83. The zero-order valence-electron chi connectivity index (χ0n) is 11.1. The number of carboxylic acid groups (broad SMARTS) is 1. The maximum absolute atomic E-state index is 11.1. The first-order chi connectivity index (χ1) is 8.81. The van der Waals surface area contributed by atoms with E-state index < -0.39 is 10.9 Å². The van der Waals surface area contributed by atoms with Crippen molar-refractivity contribution in [2.75, 3.05) is 5.32 Å². The van der Waals surface area contributed by atoms with Crippen LogP contribution in [-0.2, 0) is 0 Å². The van der Waals surface area contributed by atoms with Gasteiger partial charge >= 0.3 is 5.97 Å². The molecule has 0 amide bonds. The largest absolute Gasteiger partial charge is 0.478 e. The summed E-state index contributed by atoms with van der Waals surface area (Å²) in [5.74, 6) is -0.629. The first-order valence-corrected chi connectivity index (χ1v) is 5.95. The number of carboxylic acids is 1. The predicted octanol–water partition coefficient (Wildman–Crippen LogP) is 2.53. The van der Waals surface area contributed by atoms with E-state index in [1.54, 1.807) is 0 Å². The molecular weight excluding hydrogens is 250 g/mol. The third-order valence-electron chi connectivity index (χ3n) is 2.52. The second-order valence-corrected chi connectivity index (χ2v) is 4.83. The Morgan fingerprint density at radius 2 is 2.16 bits per heavy atom. The Balaban J connectivity index is 3.00. The van der Waals surface area contributed by atoms with E-state index in [-0.39, 0.29) is 23.1 Å². The van der Waals surface area contributed by atoms with Gasteiger partial charge in [0.15, 0.2) is 0 Å². The summed E-state index contributed by atoms with van der Waals surface area (Å²) in [6.45, 7) is 6.02. The average Bonchev–Trinajstić information content (AvgIpc) is 2.27. The molecule has 1 heterocycles. The molecule has 104 valence electrons. The molecule has 0 saturated carbocycles. The average molecular weight is 267 g/mol. The monoisotopic (exact) mass is 267 g/mol. The highest BCUT2D eigenvalue weighted by Gasteiger charge is 2.18. The molecule has 0 aliphatic heterocycles. The number of rotatable bonds is 6. The quantitative estimate of drug-likeness (QED) is 0.606. The van der Waals surface area contributed by atoms with Gasteiger partial charge in [0.1, 0.15) is 17.6 Å². The third-order valence-corrected chi connectivity index (χ3v) is 2.52. The van der Waals surface area contributed by atoms with Crippen LogP contribution < -0.4 is 5.32 Å². The zero-order valence-corrected chi connectivity index (χ0v) is 11.1. The lowest BCUT2D eigenvalue weighted by Crippen LogP contribution is -2.20. The Bertz CT molecular complexity index is 488. The van der Waals surface area contributed by atoms with Gasteiger partial charge in [-0.05, 0) is 19.3 Å². The number of nitro groups is 1. The number of aromatic carboxylic acids is 1. The zero-order chi connectivity index (χ0) is 14.6. The SMILES string of the molecule is CC(C)CC(C)Nc1ncc([N+](=O)[O-])cc1C(=O)O. The number of nitrogens with one attached hydrogen (secondary N) is 1. The fraction of sp³-hybridized carbons (Fsp3) is 0.500. The van der Waals surface area contributed by atoms with Gasteiger partial charge in [-0.25, -0.2) is 9.78 Å². The molecule has 0 aliphatic rings. The standard InChI is InChI=1S/C12H17N3O4/c1-7(2)4-8(3)14-11-10(12(16)17)5-9(6-13-11)15(18)19/h5-8H,4H2,1-3H3,(H,13,14)(H,16,17). The molecular formula is C12H17N3O4.